The molecule has 0 fully saturated rings. The number of carboxylic acid groups (broad SMARTS) is 1. The zero-order valence-corrected chi connectivity index (χ0v) is 11.0. The number of rotatable bonds is 7. The van der Waals surface area contributed by atoms with Gasteiger partial charge in [0.15, 0.2) is 0 Å². The Bertz CT molecular complexity index is 317. The molecule has 0 aliphatic carbocycles. The monoisotopic (exact) mass is 259 g/mol. The van der Waals surface area contributed by atoms with Crippen molar-refractivity contribution >= 4 is 17.9 Å². The van der Waals surface area contributed by atoms with Crippen LogP contribution in [0.25, 0.3) is 0 Å². The Kier molecular flexibility index (Phi) is 6.77. The van der Waals surface area contributed by atoms with Crippen LogP contribution >= 0.6 is 0 Å². The van der Waals surface area contributed by atoms with E-state index in [9.17, 15) is 14.4 Å². The zero-order valence-electron chi connectivity index (χ0n) is 11.0. The minimum atomic E-state index is -1.28. The number of nitrogens with two attached hydrogens (primary N) is 1. The third-order valence-electron chi connectivity index (χ3n) is 2.35. The van der Waals surface area contributed by atoms with Crippen LogP contribution in [0.15, 0.2) is 0 Å². The van der Waals surface area contributed by atoms with Crippen LogP contribution in [0.1, 0.15) is 33.6 Å². The van der Waals surface area contributed by atoms with E-state index in [0.717, 1.165) is 6.42 Å². The molecule has 0 aliphatic rings. The lowest BCUT2D eigenvalue weighted by Crippen LogP contribution is -2.51. The van der Waals surface area contributed by atoms with Crippen LogP contribution in [-0.2, 0) is 9.59 Å². The highest BCUT2D eigenvalue weighted by atomic mass is 16.4. The number of carbonyl (C=O) groups excluding carboxylic acids is 2. The maximum absolute atomic E-state index is 11.9. The second kappa shape index (κ2) is 7.52. The first-order valence-electron chi connectivity index (χ1n) is 5.87. The van der Waals surface area contributed by atoms with Gasteiger partial charge < -0.3 is 21.1 Å². The fraction of sp³-hybridized carbons (Fsp3) is 0.727. The topological polar surface area (TPSA) is 113 Å². The van der Waals surface area contributed by atoms with Crippen molar-refractivity contribution in [2.45, 2.75) is 45.7 Å². The highest BCUT2D eigenvalue weighted by molar-refractivity contribution is 5.87. The zero-order chi connectivity index (χ0) is 14.3. The Morgan fingerprint density at radius 1 is 1.33 bits per heavy atom. The molecule has 4 N–H and O–H groups in total. The van der Waals surface area contributed by atoms with Gasteiger partial charge >= 0.3 is 12.0 Å². The molecule has 7 heteroatoms. The molecule has 0 aromatic rings. The molecule has 0 saturated heterocycles. The normalized spacial score (nSPS) is 12.0. The molecular weight excluding hydrogens is 238 g/mol. The van der Waals surface area contributed by atoms with Gasteiger partial charge in [0.05, 0.1) is 6.42 Å². The molecule has 7 nitrogen and oxygen atoms in total. The van der Waals surface area contributed by atoms with Gasteiger partial charge in [-0.15, -0.1) is 0 Å². The smallest absolute Gasteiger partial charge is 0.326 e. The molecule has 0 radical (unpaired) electrons. The molecule has 104 valence electrons. The summed E-state index contributed by atoms with van der Waals surface area (Å²) >= 11 is 0. The van der Waals surface area contributed by atoms with Gasteiger partial charge in [0, 0.05) is 12.6 Å². The predicted molar refractivity (Wildman–Crippen MR) is 65.9 cm³/mol. The van der Waals surface area contributed by atoms with Crippen molar-refractivity contribution in [2.24, 2.45) is 5.73 Å². The molecule has 0 spiro atoms. The number of amides is 3. The highest BCUT2D eigenvalue weighted by Crippen LogP contribution is 2.02. The number of nitrogens with zero attached hydrogens (tertiary/aromatic N) is 1. The van der Waals surface area contributed by atoms with Crippen LogP contribution in [0.3, 0.4) is 0 Å². The molecule has 1 unspecified atom stereocenters. The molecule has 18 heavy (non-hydrogen) atoms. The van der Waals surface area contributed by atoms with Gasteiger partial charge in [-0.2, -0.15) is 0 Å². The van der Waals surface area contributed by atoms with E-state index >= 15 is 0 Å². The summed E-state index contributed by atoms with van der Waals surface area (Å²) in [6.07, 6.45) is 0.346. The van der Waals surface area contributed by atoms with Crippen LogP contribution in [0.5, 0.6) is 0 Å². The van der Waals surface area contributed by atoms with E-state index in [1.54, 1.807) is 0 Å². The molecule has 0 bridgehead atoms. The fourth-order valence-corrected chi connectivity index (χ4v) is 1.47. The SMILES string of the molecule is CCCN(C(=O)NC(CC(N)=O)C(=O)O)C(C)C. The van der Waals surface area contributed by atoms with Gasteiger partial charge in [0.1, 0.15) is 6.04 Å². The van der Waals surface area contributed by atoms with Crippen LogP contribution in [-0.4, -0.2) is 46.5 Å². The van der Waals surface area contributed by atoms with Crippen molar-refractivity contribution < 1.29 is 19.5 Å². The standard InChI is InChI=1S/C11H21N3O4/c1-4-5-14(7(2)3)11(18)13-8(10(16)17)6-9(12)15/h7-8H,4-6H2,1-3H3,(H2,12,15)(H,13,18)(H,16,17). The van der Waals surface area contributed by atoms with E-state index in [2.05, 4.69) is 5.32 Å². The van der Waals surface area contributed by atoms with Crippen LogP contribution in [0.2, 0.25) is 0 Å². The molecule has 0 aromatic heterocycles. The maximum Gasteiger partial charge on any atom is 0.326 e. The summed E-state index contributed by atoms with van der Waals surface area (Å²) in [6, 6.07) is -1.83. The second-order valence-corrected chi connectivity index (χ2v) is 4.30. The van der Waals surface area contributed by atoms with Crippen molar-refractivity contribution in [3.63, 3.8) is 0 Å². The summed E-state index contributed by atoms with van der Waals surface area (Å²) in [4.78, 5) is 35.0. The van der Waals surface area contributed by atoms with Gasteiger partial charge in [0.25, 0.3) is 0 Å². The first-order valence-corrected chi connectivity index (χ1v) is 5.87. The average Bonchev–Trinajstić information content (AvgIpc) is 2.23. The van der Waals surface area contributed by atoms with E-state index in [1.807, 2.05) is 20.8 Å². The lowest BCUT2D eigenvalue weighted by molar-refractivity contribution is -0.141. The highest BCUT2D eigenvalue weighted by Gasteiger charge is 2.25. The first-order chi connectivity index (χ1) is 8.29. The number of hydrogen-bond acceptors (Lipinski definition) is 3. The van der Waals surface area contributed by atoms with Gasteiger partial charge in [-0.05, 0) is 20.3 Å². The van der Waals surface area contributed by atoms with Crippen LogP contribution in [0, 0.1) is 0 Å². The van der Waals surface area contributed by atoms with Crippen molar-refractivity contribution in [3.8, 4) is 0 Å². The third-order valence-corrected chi connectivity index (χ3v) is 2.35. The molecule has 0 aliphatic heterocycles. The fourth-order valence-electron chi connectivity index (χ4n) is 1.47. The van der Waals surface area contributed by atoms with Gasteiger partial charge in [0.2, 0.25) is 5.91 Å². The Labute approximate surface area is 106 Å². The summed E-state index contributed by atoms with van der Waals surface area (Å²) in [5.74, 6) is -2.04. The van der Waals surface area contributed by atoms with Gasteiger partial charge in [-0.25, -0.2) is 9.59 Å². The number of carbonyl (C=O) groups is 3. The van der Waals surface area contributed by atoms with E-state index in [0.29, 0.717) is 6.54 Å². The largest absolute Gasteiger partial charge is 0.480 e. The van der Waals surface area contributed by atoms with Crippen LogP contribution < -0.4 is 11.1 Å². The number of primary amides is 1. The summed E-state index contributed by atoms with van der Waals surface area (Å²) < 4.78 is 0. The van der Waals surface area contributed by atoms with Gasteiger partial charge in [-0.3, -0.25) is 4.79 Å². The molecule has 3 amide bonds. The summed E-state index contributed by atoms with van der Waals surface area (Å²) in [5, 5.41) is 11.2. The second-order valence-electron chi connectivity index (χ2n) is 4.30. The number of carboxylic acids is 1. The Balaban J connectivity index is 4.65. The molecule has 1 atom stereocenters. The van der Waals surface area contributed by atoms with Crippen molar-refractivity contribution in [2.75, 3.05) is 6.54 Å². The van der Waals surface area contributed by atoms with Crippen molar-refractivity contribution in [1.29, 1.82) is 0 Å². The van der Waals surface area contributed by atoms with E-state index < -0.39 is 30.4 Å². The van der Waals surface area contributed by atoms with Crippen LogP contribution in [0.4, 0.5) is 4.79 Å². The van der Waals surface area contributed by atoms with Crippen molar-refractivity contribution in [1.82, 2.24) is 10.2 Å². The first kappa shape index (κ1) is 16.2. The molecule has 0 saturated carbocycles. The van der Waals surface area contributed by atoms with Gasteiger partial charge in [-0.1, -0.05) is 6.92 Å². The van der Waals surface area contributed by atoms with E-state index in [1.165, 1.54) is 4.90 Å². The molecular formula is C11H21N3O4. The quantitative estimate of drug-likeness (QED) is 0.603. The molecule has 0 aromatic carbocycles. The summed E-state index contributed by atoms with van der Waals surface area (Å²) in [5.41, 5.74) is 4.93. The molecule has 0 heterocycles. The number of urea groups is 1. The Morgan fingerprint density at radius 2 is 1.89 bits per heavy atom. The van der Waals surface area contributed by atoms with Crippen molar-refractivity contribution in [3.05, 3.63) is 0 Å². The number of hydrogen-bond donors (Lipinski definition) is 3. The lowest BCUT2D eigenvalue weighted by Gasteiger charge is -2.27. The third kappa shape index (κ3) is 5.51. The average molecular weight is 259 g/mol. The number of nitrogens with one attached hydrogen (secondary N) is 1. The summed E-state index contributed by atoms with van der Waals surface area (Å²) in [6.45, 7) is 6.10. The van der Waals surface area contributed by atoms with E-state index in [-0.39, 0.29) is 6.04 Å². The maximum atomic E-state index is 11.9. The Hall–Kier alpha value is -1.79. The lowest BCUT2D eigenvalue weighted by atomic mass is 10.2. The number of aliphatic carboxylic acids is 1. The Morgan fingerprint density at radius 3 is 2.22 bits per heavy atom. The summed E-state index contributed by atoms with van der Waals surface area (Å²) in [7, 11) is 0. The predicted octanol–water partition coefficient (Wildman–Crippen LogP) is 0.145. The van der Waals surface area contributed by atoms with E-state index in [4.69, 9.17) is 10.8 Å². The minimum Gasteiger partial charge on any atom is -0.480 e. The molecule has 0 rings (SSSR count). The minimum absolute atomic E-state index is 0.0482.